The molecule has 8 nitrogen and oxygen atoms in total. The highest BCUT2D eigenvalue weighted by atomic mass is 16.5. The molecule has 23 heavy (non-hydrogen) atoms. The molecule has 0 fully saturated rings. The van der Waals surface area contributed by atoms with Crippen molar-refractivity contribution in [2.45, 2.75) is 26.5 Å². The van der Waals surface area contributed by atoms with E-state index in [1.807, 2.05) is 38.1 Å². The van der Waals surface area contributed by atoms with E-state index in [0.717, 1.165) is 11.3 Å². The van der Waals surface area contributed by atoms with Crippen molar-refractivity contribution in [3.05, 3.63) is 41.7 Å². The molecule has 0 saturated heterocycles. The van der Waals surface area contributed by atoms with E-state index in [1.165, 1.54) is 10.9 Å². The second-order valence-electron chi connectivity index (χ2n) is 5.10. The van der Waals surface area contributed by atoms with E-state index in [-0.39, 0.29) is 24.2 Å². The summed E-state index contributed by atoms with van der Waals surface area (Å²) >= 11 is 0. The van der Waals surface area contributed by atoms with Gasteiger partial charge in [-0.25, -0.2) is 9.48 Å². The summed E-state index contributed by atoms with van der Waals surface area (Å²) in [5.74, 6) is -0.708. The number of carbonyl (C=O) groups excluding carboxylic acids is 1. The number of nitrogens with zero attached hydrogens (tertiary/aromatic N) is 3. The lowest BCUT2D eigenvalue weighted by Crippen LogP contribution is -2.35. The number of hydrogen-bond acceptors (Lipinski definition) is 5. The van der Waals surface area contributed by atoms with Gasteiger partial charge in [0.2, 0.25) is 5.91 Å². The Morgan fingerprint density at radius 2 is 2.13 bits per heavy atom. The van der Waals surface area contributed by atoms with Crippen molar-refractivity contribution >= 4 is 11.9 Å². The SMILES string of the molecule is Cc1ccccc1OC(C)CNC(=O)Cn1cc(C(=O)O)nn1. The van der Waals surface area contributed by atoms with E-state index in [2.05, 4.69) is 15.6 Å². The maximum Gasteiger partial charge on any atom is 0.358 e. The van der Waals surface area contributed by atoms with Crippen LogP contribution in [0.5, 0.6) is 5.75 Å². The van der Waals surface area contributed by atoms with E-state index < -0.39 is 5.97 Å². The first kappa shape index (κ1) is 16.5. The summed E-state index contributed by atoms with van der Waals surface area (Å²) in [6.07, 6.45) is 1.00. The number of carboxylic acid groups (broad SMARTS) is 1. The maximum atomic E-state index is 11.8. The number of aromatic nitrogens is 3. The molecule has 1 atom stereocenters. The molecular formula is C15H18N4O4. The number of ether oxygens (including phenoxy) is 1. The molecule has 8 heteroatoms. The third kappa shape index (κ3) is 4.80. The fourth-order valence-corrected chi connectivity index (χ4v) is 1.88. The number of aryl methyl sites for hydroxylation is 1. The van der Waals surface area contributed by atoms with Crippen molar-refractivity contribution in [2.75, 3.05) is 6.54 Å². The normalized spacial score (nSPS) is 11.7. The van der Waals surface area contributed by atoms with Gasteiger partial charge in [-0.2, -0.15) is 0 Å². The Balaban J connectivity index is 1.79. The molecule has 1 unspecified atom stereocenters. The Labute approximate surface area is 133 Å². The Morgan fingerprint density at radius 3 is 2.78 bits per heavy atom. The van der Waals surface area contributed by atoms with Crippen molar-refractivity contribution in [1.29, 1.82) is 0 Å². The van der Waals surface area contributed by atoms with Gasteiger partial charge in [0.25, 0.3) is 0 Å². The van der Waals surface area contributed by atoms with Crippen molar-refractivity contribution in [2.24, 2.45) is 0 Å². The fourth-order valence-electron chi connectivity index (χ4n) is 1.88. The van der Waals surface area contributed by atoms with Gasteiger partial charge in [-0.05, 0) is 25.5 Å². The predicted octanol–water partition coefficient (Wildman–Crippen LogP) is 0.868. The van der Waals surface area contributed by atoms with Gasteiger partial charge in [0, 0.05) is 0 Å². The number of hydrogen-bond donors (Lipinski definition) is 2. The van der Waals surface area contributed by atoms with Gasteiger partial charge in [-0.3, -0.25) is 4.79 Å². The van der Waals surface area contributed by atoms with Gasteiger partial charge in [0.1, 0.15) is 18.4 Å². The van der Waals surface area contributed by atoms with E-state index in [4.69, 9.17) is 9.84 Å². The molecule has 0 aliphatic rings. The van der Waals surface area contributed by atoms with Crippen molar-refractivity contribution < 1.29 is 19.4 Å². The third-order valence-corrected chi connectivity index (χ3v) is 3.07. The van der Waals surface area contributed by atoms with Crippen LogP contribution in [-0.4, -0.2) is 44.6 Å². The van der Waals surface area contributed by atoms with Gasteiger partial charge in [0.05, 0.1) is 12.7 Å². The van der Waals surface area contributed by atoms with Gasteiger partial charge in [-0.1, -0.05) is 23.4 Å². The summed E-state index contributed by atoms with van der Waals surface area (Å²) in [4.78, 5) is 22.5. The first-order chi connectivity index (χ1) is 11.0. The first-order valence-electron chi connectivity index (χ1n) is 7.08. The molecule has 0 bridgehead atoms. The van der Waals surface area contributed by atoms with Crippen LogP contribution in [0.1, 0.15) is 23.0 Å². The van der Waals surface area contributed by atoms with E-state index in [0.29, 0.717) is 6.54 Å². The second kappa shape index (κ2) is 7.39. The molecule has 0 saturated carbocycles. The monoisotopic (exact) mass is 318 g/mol. The van der Waals surface area contributed by atoms with Crippen LogP contribution in [0.3, 0.4) is 0 Å². The van der Waals surface area contributed by atoms with Crippen LogP contribution in [0.25, 0.3) is 0 Å². The van der Waals surface area contributed by atoms with Gasteiger partial charge in [-0.15, -0.1) is 5.10 Å². The average molecular weight is 318 g/mol. The molecule has 0 aliphatic carbocycles. The number of rotatable bonds is 7. The Hall–Kier alpha value is -2.90. The summed E-state index contributed by atoms with van der Waals surface area (Å²) in [5.41, 5.74) is 0.823. The number of benzene rings is 1. The van der Waals surface area contributed by atoms with Crippen LogP contribution >= 0.6 is 0 Å². The third-order valence-electron chi connectivity index (χ3n) is 3.07. The number of aromatic carboxylic acids is 1. The number of carbonyl (C=O) groups is 2. The second-order valence-corrected chi connectivity index (χ2v) is 5.10. The van der Waals surface area contributed by atoms with Gasteiger partial charge < -0.3 is 15.2 Å². The minimum Gasteiger partial charge on any atom is -0.489 e. The highest BCUT2D eigenvalue weighted by Gasteiger charge is 2.12. The summed E-state index contributed by atoms with van der Waals surface area (Å²) in [5, 5.41) is 18.5. The molecular weight excluding hydrogens is 300 g/mol. The minimum absolute atomic E-state index is 0.0998. The number of amides is 1. The van der Waals surface area contributed by atoms with Crippen LogP contribution in [-0.2, 0) is 11.3 Å². The lowest BCUT2D eigenvalue weighted by atomic mass is 10.2. The van der Waals surface area contributed by atoms with E-state index in [9.17, 15) is 9.59 Å². The van der Waals surface area contributed by atoms with Crippen molar-refractivity contribution in [3.63, 3.8) is 0 Å². The fraction of sp³-hybridized carbons (Fsp3) is 0.333. The molecule has 1 amide bonds. The summed E-state index contributed by atoms with van der Waals surface area (Å²) in [6, 6.07) is 7.64. The summed E-state index contributed by atoms with van der Waals surface area (Å²) in [6.45, 7) is 4.03. The van der Waals surface area contributed by atoms with Gasteiger partial charge in [0.15, 0.2) is 5.69 Å². The molecule has 2 N–H and O–H groups in total. The van der Waals surface area contributed by atoms with Gasteiger partial charge >= 0.3 is 5.97 Å². The van der Waals surface area contributed by atoms with Crippen LogP contribution in [0.2, 0.25) is 0 Å². The molecule has 0 spiro atoms. The zero-order valence-electron chi connectivity index (χ0n) is 12.9. The number of para-hydroxylation sites is 1. The lowest BCUT2D eigenvalue weighted by Gasteiger charge is -2.16. The molecule has 1 aromatic heterocycles. The van der Waals surface area contributed by atoms with Crippen LogP contribution < -0.4 is 10.1 Å². The Kier molecular flexibility index (Phi) is 5.29. The smallest absolute Gasteiger partial charge is 0.358 e. The number of nitrogens with one attached hydrogen (secondary N) is 1. The number of carboxylic acids is 1. The topological polar surface area (TPSA) is 106 Å². The molecule has 1 aromatic carbocycles. The first-order valence-corrected chi connectivity index (χ1v) is 7.08. The van der Waals surface area contributed by atoms with Crippen LogP contribution in [0.4, 0.5) is 0 Å². The quantitative estimate of drug-likeness (QED) is 0.784. The van der Waals surface area contributed by atoms with E-state index in [1.54, 1.807) is 0 Å². The zero-order valence-corrected chi connectivity index (χ0v) is 12.9. The molecule has 122 valence electrons. The Bertz CT molecular complexity index is 698. The molecule has 1 heterocycles. The molecule has 2 aromatic rings. The predicted molar refractivity (Wildman–Crippen MR) is 81.3 cm³/mol. The largest absolute Gasteiger partial charge is 0.489 e. The zero-order chi connectivity index (χ0) is 16.8. The summed E-state index contributed by atoms with van der Waals surface area (Å²) in [7, 11) is 0. The lowest BCUT2D eigenvalue weighted by molar-refractivity contribution is -0.122. The average Bonchev–Trinajstić information content (AvgIpc) is 2.96. The standard InChI is InChI=1S/C15H18N4O4/c1-10-5-3-4-6-13(10)23-11(2)7-16-14(20)9-19-8-12(15(21)22)17-18-19/h3-6,8,11H,7,9H2,1-2H3,(H,16,20)(H,21,22). The molecule has 2 rings (SSSR count). The van der Waals surface area contributed by atoms with Crippen LogP contribution in [0.15, 0.2) is 30.5 Å². The maximum absolute atomic E-state index is 11.8. The molecule has 0 radical (unpaired) electrons. The minimum atomic E-state index is -1.18. The van der Waals surface area contributed by atoms with Crippen molar-refractivity contribution in [3.8, 4) is 5.75 Å². The highest BCUT2D eigenvalue weighted by molar-refractivity contribution is 5.84. The Morgan fingerprint density at radius 1 is 1.39 bits per heavy atom. The van der Waals surface area contributed by atoms with E-state index >= 15 is 0 Å². The highest BCUT2D eigenvalue weighted by Crippen LogP contribution is 2.17. The van der Waals surface area contributed by atoms with Crippen LogP contribution in [0, 0.1) is 6.92 Å². The van der Waals surface area contributed by atoms with Crippen molar-refractivity contribution in [1.82, 2.24) is 20.3 Å². The summed E-state index contributed by atoms with van der Waals surface area (Å²) < 4.78 is 6.93. The molecule has 0 aliphatic heterocycles.